The van der Waals surface area contributed by atoms with Crippen LogP contribution in [0.1, 0.15) is 0 Å². The summed E-state index contributed by atoms with van der Waals surface area (Å²) < 4.78 is 2.42. The molecular formula is C57H38N4. The van der Waals surface area contributed by atoms with E-state index in [2.05, 4.69) is 174 Å². The van der Waals surface area contributed by atoms with Crippen molar-refractivity contribution in [3.63, 3.8) is 0 Å². The first-order valence-corrected chi connectivity index (χ1v) is 20.6. The third-order valence-electron chi connectivity index (χ3n) is 11.4. The van der Waals surface area contributed by atoms with Gasteiger partial charge in [-0.3, -0.25) is 0 Å². The van der Waals surface area contributed by atoms with Crippen LogP contribution in [0.4, 0.5) is 0 Å². The lowest BCUT2D eigenvalue weighted by Gasteiger charge is -2.16. The Hall–Kier alpha value is -8.21. The number of hydrogen-bond donors (Lipinski definition) is 0. The first-order valence-electron chi connectivity index (χ1n) is 20.6. The van der Waals surface area contributed by atoms with Gasteiger partial charge in [0.05, 0.1) is 11.0 Å². The second-order valence-electron chi connectivity index (χ2n) is 15.3. The number of benzene rings is 9. The Morgan fingerprint density at radius 3 is 1.28 bits per heavy atom. The molecule has 0 saturated carbocycles. The van der Waals surface area contributed by atoms with Crippen LogP contribution in [-0.2, 0) is 0 Å². The molecule has 0 amide bonds. The predicted octanol–water partition coefficient (Wildman–Crippen LogP) is 14.6. The minimum Gasteiger partial charge on any atom is -0.309 e. The molecule has 4 heteroatoms. The molecule has 2 aromatic heterocycles. The Bertz CT molecular complexity index is 3280. The van der Waals surface area contributed by atoms with E-state index in [1.54, 1.807) is 0 Å². The van der Waals surface area contributed by atoms with Gasteiger partial charge in [0, 0.05) is 38.7 Å². The van der Waals surface area contributed by atoms with E-state index in [0.29, 0.717) is 17.5 Å². The highest BCUT2D eigenvalue weighted by molar-refractivity contribution is 6.15. The molecule has 11 aromatic rings. The standard InChI is InChI=1S/C57H38N4/c1-5-18-39(19-6-1)43-26-15-28-45(34-43)48-37-51(46-29-16-27-44(35-46)40-20-7-2-8-21-40)54-52(38-48)50-32-13-14-33-53(50)61(54)49-31-17-30-47(36-49)57-59-55(41-22-9-3-10-23-41)58-56(60-57)42-24-11-4-12-25-42/h1-38H. The summed E-state index contributed by atoms with van der Waals surface area (Å²) in [5.74, 6) is 1.89. The molecule has 61 heavy (non-hydrogen) atoms. The summed E-state index contributed by atoms with van der Waals surface area (Å²) in [5, 5.41) is 2.36. The van der Waals surface area contributed by atoms with Crippen molar-refractivity contribution >= 4 is 21.8 Å². The fourth-order valence-corrected chi connectivity index (χ4v) is 8.48. The van der Waals surface area contributed by atoms with Crippen molar-refractivity contribution in [1.82, 2.24) is 19.5 Å². The SMILES string of the molecule is c1ccc(-c2cccc(-c3cc(-c4cccc(-c5ccccc5)c4)c4c(c3)c3ccccc3n4-c3cccc(-c4nc(-c5ccccc5)nc(-c5ccccc5)n4)c3)c2)cc1. The molecule has 0 bridgehead atoms. The molecule has 286 valence electrons. The summed E-state index contributed by atoms with van der Waals surface area (Å²) in [7, 11) is 0. The van der Waals surface area contributed by atoms with Crippen molar-refractivity contribution in [3.05, 3.63) is 231 Å². The Balaban J connectivity index is 1.15. The average molecular weight is 779 g/mol. The Kier molecular flexibility index (Phi) is 9.14. The van der Waals surface area contributed by atoms with Crippen LogP contribution in [0.2, 0.25) is 0 Å². The lowest BCUT2D eigenvalue weighted by Crippen LogP contribution is -2.01. The van der Waals surface area contributed by atoms with Crippen molar-refractivity contribution in [3.8, 4) is 84.4 Å². The molecule has 0 saturated heterocycles. The van der Waals surface area contributed by atoms with Crippen LogP contribution in [-0.4, -0.2) is 19.5 Å². The van der Waals surface area contributed by atoms with Gasteiger partial charge in [0.15, 0.2) is 17.5 Å². The van der Waals surface area contributed by atoms with Crippen molar-refractivity contribution in [2.75, 3.05) is 0 Å². The molecule has 0 radical (unpaired) electrons. The van der Waals surface area contributed by atoms with E-state index in [1.165, 1.54) is 38.6 Å². The summed E-state index contributed by atoms with van der Waals surface area (Å²) in [6.07, 6.45) is 0. The molecule has 11 rings (SSSR count). The van der Waals surface area contributed by atoms with E-state index >= 15 is 0 Å². The number of para-hydroxylation sites is 1. The zero-order valence-corrected chi connectivity index (χ0v) is 33.2. The molecule has 0 aliphatic carbocycles. The van der Waals surface area contributed by atoms with E-state index in [0.717, 1.165) is 50.1 Å². The minimum atomic E-state index is 0.617. The highest BCUT2D eigenvalue weighted by atomic mass is 15.0. The molecule has 0 N–H and O–H groups in total. The van der Waals surface area contributed by atoms with Gasteiger partial charge in [0.25, 0.3) is 0 Å². The summed E-state index contributed by atoms with van der Waals surface area (Å²) >= 11 is 0. The minimum absolute atomic E-state index is 0.617. The van der Waals surface area contributed by atoms with Crippen LogP contribution >= 0.6 is 0 Å². The van der Waals surface area contributed by atoms with Gasteiger partial charge in [-0.05, 0) is 81.4 Å². The summed E-state index contributed by atoms with van der Waals surface area (Å²) in [5.41, 5.74) is 15.4. The zero-order valence-electron chi connectivity index (χ0n) is 33.2. The zero-order chi connectivity index (χ0) is 40.5. The molecule has 0 spiro atoms. The maximum Gasteiger partial charge on any atom is 0.164 e. The average Bonchev–Trinajstić information content (AvgIpc) is 3.69. The lowest BCUT2D eigenvalue weighted by atomic mass is 9.92. The van der Waals surface area contributed by atoms with Gasteiger partial charge < -0.3 is 4.57 Å². The Labute approximate surface area is 354 Å². The number of aromatic nitrogens is 4. The second kappa shape index (κ2) is 15.5. The van der Waals surface area contributed by atoms with E-state index in [1.807, 2.05) is 60.7 Å². The molecule has 0 atom stereocenters. The maximum atomic E-state index is 5.09. The Morgan fingerprint density at radius 2 is 0.689 bits per heavy atom. The summed E-state index contributed by atoms with van der Waals surface area (Å²) in [6, 6.07) is 81.4. The molecule has 0 aliphatic rings. The molecular weight excluding hydrogens is 741 g/mol. The quantitative estimate of drug-likeness (QED) is 0.154. The fraction of sp³-hybridized carbons (Fsp3) is 0. The van der Waals surface area contributed by atoms with Crippen LogP contribution in [0.15, 0.2) is 231 Å². The molecule has 0 aliphatic heterocycles. The van der Waals surface area contributed by atoms with E-state index < -0.39 is 0 Å². The predicted molar refractivity (Wildman–Crippen MR) is 252 cm³/mol. The van der Waals surface area contributed by atoms with Crippen LogP contribution in [0.5, 0.6) is 0 Å². The smallest absolute Gasteiger partial charge is 0.164 e. The second-order valence-corrected chi connectivity index (χ2v) is 15.3. The van der Waals surface area contributed by atoms with Gasteiger partial charge in [-0.15, -0.1) is 0 Å². The van der Waals surface area contributed by atoms with Crippen molar-refractivity contribution in [2.24, 2.45) is 0 Å². The largest absolute Gasteiger partial charge is 0.309 e. The number of fused-ring (bicyclic) bond motifs is 3. The van der Waals surface area contributed by atoms with Crippen LogP contribution in [0.3, 0.4) is 0 Å². The number of rotatable bonds is 8. The third kappa shape index (κ3) is 6.86. The van der Waals surface area contributed by atoms with Crippen LogP contribution in [0, 0.1) is 0 Å². The normalized spacial score (nSPS) is 11.3. The molecule has 0 unspecified atom stereocenters. The van der Waals surface area contributed by atoms with Crippen LogP contribution < -0.4 is 0 Å². The van der Waals surface area contributed by atoms with Gasteiger partial charge in [-0.1, -0.05) is 188 Å². The van der Waals surface area contributed by atoms with Gasteiger partial charge in [-0.2, -0.15) is 0 Å². The molecule has 2 heterocycles. The molecule has 0 fully saturated rings. The lowest BCUT2D eigenvalue weighted by molar-refractivity contribution is 1.07. The fourth-order valence-electron chi connectivity index (χ4n) is 8.48. The van der Waals surface area contributed by atoms with Gasteiger partial charge in [0.2, 0.25) is 0 Å². The van der Waals surface area contributed by atoms with Gasteiger partial charge in [0.1, 0.15) is 0 Å². The summed E-state index contributed by atoms with van der Waals surface area (Å²) in [4.78, 5) is 15.1. The van der Waals surface area contributed by atoms with Crippen molar-refractivity contribution in [2.45, 2.75) is 0 Å². The van der Waals surface area contributed by atoms with Gasteiger partial charge >= 0.3 is 0 Å². The summed E-state index contributed by atoms with van der Waals surface area (Å²) in [6.45, 7) is 0. The van der Waals surface area contributed by atoms with Gasteiger partial charge in [-0.25, -0.2) is 15.0 Å². The van der Waals surface area contributed by atoms with Crippen LogP contribution in [0.25, 0.3) is 106 Å². The van der Waals surface area contributed by atoms with Crippen molar-refractivity contribution < 1.29 is 0 Å². The first kappa shape index (κ1) is 35.9. The Morgan fingerprint density at radius 1 is 0.262 bits per heavy atom. The van der Waals surface area contributed by atoms with Crippen molar-refractivity contribution in [1.29, 1.82) is 0 Å². The molecule has 9 aromatic carbocycles. The maximum absolute atomic E-state index is 5.09. The molecule has 4 nitrogen and oxygen atoms in total. The van der Waals surface area contributed by atoms with E-state index in [-0.39, 0.29) is 0 Å². The van der Waals surface area contributed by atoms with E-state index in [9.17, 15) is 0 Å². The highest BCUT2D eigenvalue weighted by Gasteiger charge is 2.20. The number of nitrogens with zero attached hydrogens (tertiary/aromatic N) is 4. The highest BCUT2D eigenvalue weighted by Crippen LogP contribution is 2.43. The number of hydrogen-bond acceptors (Lipinski definition) is 3. The van der Waals surface area contributed by atoms with E-state index in [4.69, 9.17) is 15.0 Å². The topological polar surface area (TPSA) is 43.6 Å². The first-order chi connectivity index (χ1) is 30.2. The third-order valence-corrected chi connectivity index (χ3v) is 11.4. The monoisotopic (exact) mass is 778 g/mol.